The predicted octanol–water partition coefficient (Wildman–Crippen LogP) is 3.30. The smallest absolute Gasteiger partial charge is 0.367 e. The first-order valence-corrected chi connectivity index (χ1v) is 6.48. The van der Waals surface area contributed by atoms with Gasteiger partial charge in [-0.3, -0.25) is 4.98 Å². The second-order valence-electron chi connectivity index (χ2n) is 4.84. The molecule has 0 spiro atoms. The van der Waals surface area contributed by atoms with E-state index < -0.39 is 11.9 Å². The molecule has 6 heteroatoms. The number of hydrogen-bond donors (Lipinski definition) is 1. The molecule has 0 amide bonds. The molecule has 0 saturated carbocycles. The Labute approximate surface area is 119 Å². The van der Waals surface area contributed by atoms with Gasteiger partial charge < -0.3 is 10.5 Å². The van der Waals surface area contributed by atoms with Gasteiger partial charge in [-0.25, -0.2) is 0 Å². The molecule has 1 aromatic carbocycles. The maximum absolute atomic E-state index is 12.8. The average molecular weight is 294 g/mol. The summed E-state index contributed by atoms with van der Waals surface area (Å²) in [5.41, 5.74) is 7.79. The van der Waals surface area contributed by atoms with Crippen LogP contribution in [0.5, 0.6) is 0 Å². The van der Waals surface area contributed by atoms with Crippen molar-refractivity contribution in [2.75, 3.05) is 6.54 Å². The Bertz CT molecular complexity index is 670. The van der Waals surface area contributed by atoms with Crippen molar-refractivity contribution in [1.82, 2.24) is 4.98 Å². The molecule has 2 aromatic rings. The minimum absolute atomic E-state index is 0.191. The van der Waals surface area contributed by atoms with Crippen molar-refractivity contribution >= 4 is 0 Å². The lowest BCUT2D eigenvalue weighted by Gasteiger charge is -2.11. The summed E-state index contributed by atoms with van der Waals surface area (Å²) in [4.78, 5) is 3.38. The van der Waals surface area contributed by atoms with E-state index in [1.807, 2.05) is 6.07 Å². The van der Waals surface area contributed by atoms with Gasteiger partial charge in [-0.1, -0.05) is 18.2 Å². The van der Waals surface area contributed by atoms with Crippen LogP contribution in [0.4, 0.5) is 13.2 Å². The van der Waals surface area contributed by atoms with Crippen molar-refractivity contribution < 1.29 is 17.9 Å². The number of alkyl halides is 3. The fraction of sp³-hybridized carbons (Fsp3) is 0.267. The molecule has 1 aromatic heterocycles. The third-order valence-electron chi connectivity index (χ3n) is 3.56. The summed E-state index contributed by atoms with van der Waals surface area (Å²) in [5, 5.41) is 0. The minimum Gasteiger partial charge on any atom is -0.367 e. The standard InChI is InChI=1S/C15H13F3N2O/c16-15(17,18)14-6-9(4-5-20-14)10-2-1-3-11-12(10)8-21-13(11)7-19/h1-6,13H,7-8,19H2/t13-/m1/s1. The zero-order valence-corrected chi connectivity index (χ0v) is 11.0. The molecular weight excluding hydrogens is 281 g/mol. The highest BCUT2D eigenvalue weighted by Crippen LogP contribution is 2.38. The van der Waals surface area contributed by atoms with Crippen LogP contribution >= 0.6 is 0 Å². The Morgan fingerprint density at radius 1 is 1.29 bits per heavy atom. The van der Waals surface area contributed by atoms with Crippen molar-refractivity contribution in [3.8, 4) is 11.1 Å². The molecule has 21 heavy (non-hydrogen) atoms. The molecule has 1 aliphatic heterocycles. The molecule has 0 radical (unpaired) electrons. The molecule has 110 valence electrons. The third kappa shape index (κ3) is 2.52. The molecule has 1 aliphatic rings. The van der Waals surface area contributed by atoms with Gasteiger partial charge >= 0.3 is 6.18 Å². The van der Waals surface area contributed by atoms with Crippen molar-refractivity contribution in [2.24, 2.45) is 5.73 Å². The number of rotatable bonds is 2. The van der Waals surface area contributed by atoms with Gasteiger partial charge in [0.1, 0.15) is 5.69 Å². The number of pyridine rings is 1. The van der Waals surface area contributed by atoms with Gasteiger partial charge in [0, 0.05) is 12.7 Å². The summed E-state index contributed by atoms with van der Waals surface area (Å²) >= 11 is 0. The van der Waals surface area contributed by atoms with E-state index in [-0.39, 0.29) is 6.10 Å². The number of nitrogens with two attached hydrogens (primary N) is 1. The van der Waals surface area contributed by atoms with Crippen LogP contribution in [0.1, 0.15) is 22.9 Å². The van der Waals surface area contributed by atoms with Gasteiger partial charge in [0.05, 0.1) is 12.7 Å². The Balaban J connectivity index is 2.09. The molecule has 0 bridgehead atoms. The number of halogens is 3. The van der Waals surface area contributed by atoms with Crippen molar-refractivity contribution in [3.63, 3.8) is 0 Å². The first kappa shape index (κ1) is 14.0. The largest absolute Gasteiger partial charge is 0.433 e. The fourth-order valence-corrected chi connectivity index (χ4v) is 2.56. The third-order valence-corrected chi connectivity index (χ3v) is 3.56. The summed E-state index contributed by atoms with van der Waals surface area (Å²) in [6.07, 6.45) is -3.47. The summed E-state index contributed by atoms with van der Waals surface area (Å²) in [7, 11) is 0. The number of nitrogens with zero attached hydrogens (tertiary/aromatic N) is 1. The fourth-order valence-electron chi connectivity index (χ4n) is 2.56. The molecule has 3 nitrogen and oxygen atoms in total. The summed E-state index contributed by atoms with van der Waals surface area (Å²) in [6.45, 7) is 0.706. The maximum Gasteiger partial charge on any atom is 0.433 e. The van der Waals surface area contributed by atoms with Crippen molar-refractivity contribution in [1.29, 1.82) is 0 Å². The average Bonchev–Trinajstić information content (AvgIpc) is 2.89. The van der Waals surface area contributed by atoms with E-state index in [1.54, 1.807) is 18.2 Å². The van der Waals surface area contributed by atoms with E-state index in [4.69, 9.17) is 10.5 Å². The second-order valence-corrected chi connectivity index (χ2v) is 4.84. The van der Waals surface area contributed by atoms with Gasteiger partial charge in [0.25, 0.3) is 0 Å². The predicted molar refractivity (Wildman–Crippen MR) is 71.3 cm³/mol. The van der Waals surface area contributed by atoms with Gasteiger partial charge in [-0.15, -0.1) is 0 Å². The molecular formula is C15H13F3N2O. The van der Waals surface area contributed by atoms with Crippen molar-refractivity contribution in [3.05, 3.63) is 53.3 Å². The monoisotopic (exact) mass is 294 g/mol. The summed E-state index contributed by atoms with van der Waals surface area (Å²) in [6, 6.07) is 8.12. The van der Waals surface area contributed by atoms with Crippen LogP contribution in [0.25, 0.3) is 11.1 Å². The van der Waals surface area contributed by atoms with Gasteiger partial charge in [-0.2, -0.15) is 13.2 Å². The number of aromatic nitrogens is 1. The van der Waals surface area contributed by atoms with Crippen LogP contribution < -0.4 is 5.73 Å². The lowest BCUT2D eigenvalue weighted by Crippen LogP contribution is -2.10. The minimum atomic E-state index is -4.45. The Hall–Kier alpha value is -1.92. The van der Waals surface area contributed by atoms with Gasteiger partial charge in [-0.05, 0) is 34.4 Å². The van der Waals surface area contributed by atoms with E-state index in [1.165, 1.54) is 6.20 Å². The lowest BCUT2D eigenvalue weighted by molar-refractivity contribution is -0.141. The molecule has 0 unspecified atom stereocenters. The van der Waals surface area contributed by atoms with E-state index in [0.29, 0.717) is 18.7 Å². The van der Waals surface area contributed by atoms with E-state index in [0.717, 1.165) is 22.8 Å². The topological polar surface area (TPSA) is 48.1 Å². The van der Waals surface area contributed by atoms with Crippen LogP contribution in [0, 0.1) is 0 Å². The Morgan fingerprint density at radius 2 is 2.10 bits per heavy atom. The van der Waals surface area contributed by atoms with E-state index >= 15 is 0 Å². The Kier molecular flexibility index (Phi) is 3.43. The summed E-state index contributed by atoms with van der Waals surface area (Å²) < 4.78 is 43.9. The highest BCUT2D eigenvalue weighted by Gasteiger charge is 2.33. The van der Waals surface area contributed by atoms with Crippen LogP contribution in [0.2, 0.25) is 0 Å². The zero-order valence-electron chi connectivity index (χ0n) is 11.0. The molecule has 3 rings (SSSR count). The first-order chi connectivity index (χ1) is 10.0. The molecule has 0 fully saturated rings. The number of ether oxygens (including phenoxy) is 1. The molecule has 2 N–H and O–H groups in total. The maximum atomic E-state index is 12.8. The van der Waals surface area contributed by atoms with E-state index in [2.05, 4.69) is 4.98 Å². The van der Waals surface area contributed by atoms with Crippen molar-refractivity contribution in [2.45, 2.75) is 18.9 Å². The first-order valence-electron chi connectivity index (χ1n) is 6.48. The van der Waals surface area contributed by atoms with Crippen LogP contribution in [0.15, 0.2) is 36.5 Å². The molecule has 1 atom stereocenters. The molecule has 0 aliphatic carbocycles. The summed E-state index contributed by atoms with van der Waals surface area (Å²) in [5.74, 6) is 0. The molecule has 2 heterocycles. The van der Waals surface area contributed by atoms with Crippen LogP contribution in [0.3, 0.4) is 0 Å². The van der Waals surface area contributed by atoms with Gasteiger partial charge in [0.2, 0.25) is 0 Å². The Morgan fingerprint density at radius 3 is 2.81 bits per heavy atom. The van der Waals surface area contributed by atoms with E-state index in [9.17, 15) is 13.2 Å². The lowest BCUT2D eigenvalue weighted by atomic mass is 9.95. The SMILES string of the molecule is NC[C@H]1OCc2c(-c3ccnc(C(F)(F)F)c3)cccc21. The van der Waals surface area contributed by atoms with Crippen LogP contribution in [-0.2, 0) is 17.5 Å². The number of fused-ring (bicyclic) bond motifs is 1. The van der Waals surface area contributed by atoms with Crippen LogP contribution in [-0.4, -0.2) is 11.5 Å². The normalized spacial score (nSPS) is 17.8. The second kappa shape index (κ2) is 5.13. The highest BCUT2D eigenvalue weighted by atomic mass is 19.4. The zero-order chi connectivity index (χ0) is 15.0. The molecule has 0 saturated heterocycles. The quantitative estimate of drug-likeness (QED) is 0.924. The highest BCUT2D eigenvalue weighted by molar-refractivity contribution is 5.69. The number of hydrogen-bond acceptors (Lipinski definition) is 3. The number of benzene rings is 1. The van der Waals surface area contributed by atoms with Gasteiger partial charge in [0.15, 0.2) is 0 Å².